The molecule has 0 amide bonds. The Morgan fingerprint density at radius 3 is 1.43 bits per heavy atom. The predicted octanol–water partition coefficient (Wildman–Crippen LogP) is -1.16. The quantitative estimate of drug-likeness (QED) is 0.217. The molecule has 30 heavy (non-hydrogen) atoms. The highest BCUT2D eigenvalue weighted by Crippen LogP contribution is 2.13. The van der Waals surface area contributed by atoms with Gasteiger partial charge < -0.3 is 20.4 Å². The summed E-state index contributed by atoms with van der Waals surface area (Å²) in [7, 11) is 0. The second-order valence-corrected chi connectivity index (χ2v) is 7.44. The fraction of sp³-hybridized carbons (Fsp3) is 0.722. The van der Waals surface area contributed by atoms with Gasteiger partial charge in [0.25, 0.3) is 0 Å². The molecular formula is C18H31N3O9. The number of aliphatic carboxylic acids is 4. The van der Waals surface area contributed by atoms with Crippen molar-refractivity contribution in [3.8, 4) is 0 Å². The van der Waals surface area contributed by atoms with Crippen LogP contribution in [0.1, 0.15) is 20.8 Å². The summed E-state index contributed by atoms with van der Waals surface area (Å²) in [4.78, 5) is 60.1. The molecule has 0 radical (unpaired) electrons. The van der Waals surface area contributed by atoms with Crippen molar-refractivity contribution in [2.75, 3.05) is 52.4 Å². The zero-order valence-electron chi connectivity index (χ0n) is 17.5. The highest BCUT2D eigenvalue weighted by Gasteiger charge is 2.28. The number of carbonyl (C=O) groups excluding carboxylic acids is 1. The molecule has 12 heteroatoms. The molecule has 0 aliphatic rings. The Bertz CT molecular complexity index is 592. The number of carboxylic acid groups (broad SMARTS) is 4. The maximum absolute atomic E-state index is 11.4. The van der Waals surface area contributed by atoms with Gasteiger partial charge in [0.2, 0.25) is 0 Å². The summed E-state index contributed by atoms with van der Waals surface area (Å²) in [5, 5.41) is 36.4. The van der Waals surface area contributed by atoms with E-state index in [2.05, 4.69) is 0 Å². The number of carboxylic acids is 4. The summed E-state index contributed by atoms with van der Waals surface area (Å²) in [5.41, 5.74) is 0. The zero-order valence-corrected chi connectivity index (χ0v) is 17.5. The first-order valence-electron chi connectivity index (χ1n) is 9.37. The average Bonchev–Trinajstić information content (AvgIpc) is 2.53. The molecule has 0 bridgehead atoms. The second kappa shape index (κ2) is 13.6. The van der Waals surface area contributed by atoms with Crippen LogP contribution in [0.15, 0.2) is 0 Å². The molecule has 0 aliphatic carbocycles. The lowest BCUT2D eigenvalue weighted by atomic mass is 10.0. The van der Waals surface area contributed by atoms with Crippen LogP contribution < -0.4 is 0 Å². The maximum atomic E-state index is 11.4. The van der Waals surface area contributed by atoms with Crippen molar-refractivity contribution >= 4 is 29.7 Å². The van der Waals surface area contributed by atoms with E-state index < -0.39 is 56.1 Å². The molecule has 1 unspecified atom stereocenters. The van der Waals surface area contributed by atoms with Crippen molar-refractivity contribution in [1.29, 1.82) is 0 Å². The highest BCUT2D eigenvalue weighted by molar-refractivity contribution is 5.78. The number of Topliss-reactive ketones (excluding diaryl/α,β-unsaturated/α-hetero) is 1. The number of hydrogen-bond acceptors (Lipinski definition) is 8. The van der Waals surface area contributed by atoms with Crippen molar-refractivity contribution in [1.82, 2.24) is 14.7 Å². The molecule has 0 saturated carbocycles. The van der Waals surface area contributed by atoms with Crippen molar-refractivity contribution in [2.45, 2.75) is 26.8 Å². The molecule has 0 heterocycles. The normalized spacial score (nSPS) is 12.5. The van der Waals surface area contributed by atoms with Crippen molar-refractivity contribution in [3.05, 3.63) is 0 Å². The van der Waals surface area contributed by atoms with Gasteiger partial charge in [-0.2, -0.15) is 0 Å². The topological polar surface area (TPSA) is 176 Å². The van der Waals surface area contributed by atoms with Crippen molar-refractivity contribution < 1.29 is 44.4 Å². The second-order valence-electron chi connectivity index (χ2n) is 7.44. The smallest absolute Gasteiger partial charge is 0.317 e. The van der Waals surface area contributed by atoms with Crippen LogP contribution in [0, 0.1) is 5.92 Å². The number of nitrogens with zero attached hydrogens (tertiary/aromatic N) is 3. The Morgan fingerprint density at radius 1 is 0.667 bits per heavy atom. The molecule has 0 aromatic carbocycles. The molecule has 0 saturated heterocycles. The summed E-state index contributed by atoms with van der Waals surface area (Å²) in [5.74, 6) is -5.11. The fourth-order valence-electron chi connectivity index (χ4n) is 3.08. The number of hydrogen-bond donors (Lipinski definition) is 4. The Labute approximate surface area is 174 Å². The minimum Gasteiger partial charge on any atom is -0.480 e. The lowest BCUT2D eigenvalue weighted by Gasteiger charge is -2.36. The van der Waals surface area contributed by atoms with E-state index in [1.165, 1.54) is 21.6 Å². The van der Waals surface area contributed by atoms with Crippen LogP contribution in [0.4, 0.5) is 0 Å². The lowest BCUT2D eigenvalue weighted by Crippen LogP contribution is -2.52. The first kappa shape index (κ1) is 27.4. The summed E-state index contributed by atoms with van der Waals surface area (Å²) < 4.78 is 0. The highest BCUT2D eigenvalue weighted by atomic mass is 16.4. The minimum atomic E-state index is -1.21. The largest absolute Gasteiger partial charge is 0.480 e. The van der Waals surface area contributed by atoms with Crippen molar-refractivity contribution in [2.24, 2.45) is 5.92 Å². The molecule has 0 spiro atoms. The van der Waals surface area contributed by atoms with Gasteiger partial charge in [0, 0.05) is 25.7 Å². The van der Waals surface area contributed by atoms with E-state index in [1.807, 2.05) is 0 Å². The Kier molecular flexibility index (Phi) is 12.4. The molecular weight excluding hydrogens is 402 g/mol. The molecule has 172 valence electrons. The van der Waals surface area contributed by atoms with E-state index in [9.17, 15) is 29.1 Å². The molecule has 1 atom stereocenters. The minimum absolute atomic E-state index is 0.0610. The predicted molar refractivity (Wildman–Crippen MR) is 104 cm³/mol. The summed E-state index contributed by atoms with van der Waals surface area (Å²) in [6, 6.07) is -0.572. The van der Waals surface area contributed by atoms with Crippen LogP contribution in [0.3, 0.4) is 0 Å². The molecule has 0 fully saturated rings. The van der Waals surface area contributed by atoms with E-state index in [4.69, 9.17) is 15.3 Å². The van der Waals surface area contributed by atoms with Crippen LogP contribution in [-0.2, 0) is 24.0 Å². The zero-order chi connectivity index (χ0) is 23.4. The first-order chi connectivity index (χ1) is 13.8. The van der Waals surface area contributed by atoms with Gasteiger partial charge in [-0.25, -0.2) is 0 Å². The number of ketones is 1. The molecule has 0 aromatic heterocycles. The van der Waals surface area contributed by atoms with Gasteiger partial charge >= 0.3 is 23.9 Å². The third-order valence-electron chi connectivity index (χ3n) is 4.26. The summed E-state index contributed by atoms with van der Waals surface area (Å²) in [6.45, 7) is 3.17. The Balaban J connectivity index is 5.45. The Hall–Kier alpha value is -2.57. The van der Waals surface area contributed by atoms with Gasteiger partial charge in [-0.3, -0.25) is 38.7 Å². The van der Waals surface area contributed by atoms with Gasteiger partial charge in [-0.15, -0.1) is 0 Å². The Morgan fingerprint density at radius 2 is 1.07 bits per heavy atom. The van der Waals surface area contributed by atoms with Crippen LogP contribution in [-0.4, -0.2) is 123 Å². The van der Waals surface area contributed by atoms with Gasteiger partial charge in [-0.05, 0) is 12.8 Å². The van der Waals surface area contributed by atoms with E-state index in [1.54, 1.807) is 13.8 Å². The molecule has 12 nitrogen and oxygen atoms in total. The number of carbonyl (C=O) groups is 5. The van der Waals surface area contributed by atoms with E-state index in [0.29, 0.717) is 0 Å². The summed E-state index contributed by atoms with van der Waals surface area (Å²) >= 11 is 0. The third-order valence-corrected chi connectivity index (χ3v) is 4.26. The SMILES string of the molecule is CC(=O)CN(CCN(CC(=O)O)CC(C(C)C)N(CC(=O)O)CC(=O)O)CC(=O)O. The first-order valence-corrected chi connectivity index (χ1v) is 9.37. The van der Waals surface area contributed by atoms with Gasteiger partial charge in [0.1, 0.15) is 5.78 Å². The third kappa shape index (κ3) is 12.8. The van der Waals surface area contributed by atoms with Crippen LogP contribution >= 0.6 is 0 Å². The molecule has 0 rings (SSSR count). The standard InChI is InChI=1S/C18H31N3O9/c1-12(2)14(21(10-17(27)28)11-18(29)30)7-20(9-16(25)26)5-4-19(6-13(3)22)8-15(23)24/h12,14H,4-11H2,1-3H3,(H,23,24)(H,25,26)(H,27,28)(H,29,30). The molecule has 0 aliphatic heterocycles. The van der Waals surface area contributed by atoms with Crippen LogP contribution in [0.2, 0.25) is 0 Å². The van der Waals surface area contributed by atoms with E-state index in [-0.39, 0.29) is 37.9 Å². The van der Waals surface area contributed by atoms with Crippen LogP contribution in [0.5, 0.6) is 0 Å². The monoisotopic (exact) mass is 433 g/mol. The average molecular weight is 433 g/mol. The van der Waals surface area contributed by atoms with Gasteiger partial charge in [0.15, 0.2) is 0 Å². The van der Waals surface area contributed by atoms with Crippen molar-refractivity contribution in [3.63, 3.8) is 0 Å². The van der Waals surface area contributed by atoms with Crippen LogP contribution in [0.25, 0.3) is 0 Å². The van der Waals surface area contributed by atoms with Gasteiger partial charge in [0.05, 0.1) is 32.7 Å². The maximum Gasteiger partial charge on any atom is 0.317 e. The lowest BCUT2D eigenvalue weighted by molar-refractivity contribution is -0.145. The molecule has 0 aromatic rings. The molecule has 4 N–H and O–H groups in total. The van der Waals surface area contributed by atoms with Gasteiger partial charge in [-0.1, -0.05) is 13.8 Å². The number of rotatable bonds is 17. The summed E-state index contributed by atoms with van der Waals surface area (Å²) in [6.07, 6.45) is 0. The van der Waals surface area contributed by atoms with E-state index in [0.717, 1.165) is 0 Å². The van der Waals surface area contributed by atoms with E-state index >= 15 is 0 Å². The fourth-order valence-corrected chi connectivity index (χ4v) is 3.08.